The molecular formula is C9H6BrN3OS. The minimum absolute atomic E-state index is 0.399. The average Bonchev–Trinajstić information content (AvgIpc) is 2.83. The van der Waals surface area contributed by atoms with Gasteiger partial charge in [-0.2, -0.15) is 10.2 Å². The molecule has 0 fully saturated rings. The largest absolute Gasteiger partial charge is 0.339 e. The number of hydrogen-bond acceptors (Lipinski definition) is 5. The molecule has 2 aromatic heterocycles. The van der Waals surface area contributed by atoms with Crippen molar-refractivity contribution in [3.63, 3.8) is 0 Å². The van der Waals surface area contributed by atoms with Gasteiger partial charge in [0.05, 0.1) is 10.9 Å². The number of hydrogen-bond donors (Lipinski definition) is 0. The Hall–Kier alpha value is -1.19. The molecule has 0 N–H and O–H groups in total. The summed E-state index contributed by atoms with van der Waals surface area (Å²) in [4.78, 5) is 5.14. The SMILES string of the molecule is N#CCCc1nc(-c2cc(Br)cs2)no1. The van der Waals surface area contributed by atoms with Crippen LogP contribution in [0.1, 0.15) is 12.3 Å². The Bertz CT molecular complexity index is 499. The van der Waals surface area contributed by atoms with Crippen LogP contribution < -0.4 is 0 Å². The van der Waals surface area contributed by atoms with E-state index in [1.54, 1.807) is 11.3 Å². The van der Waals surface area contributed by atoms with Crippen LogP contribution in [0.4, 0.5) is 0 Å². The fourth-order valence-electron chi connectivity index (χ4n) is 1.05. The maximum Gasteiger partial charge on any atom is 0.228 e. The second-order valence-electron chi connectivity index (χ2n) is 2.80. The molecule has 0 aromatic carbocycles. The molecule has 2 heterocycles. The van der Waals surface area contributed by atoms with Gasteiger partial charge in [0.15, 0.2) is 0 Å². The van der Waals surface area contributed by atoms with E-state index in [1.165, 1.54) is 0 Å². The van der Waals surface area contributed by atoms with Crippen LogP contribution in [0.3, 0.4) is 0 Å². The van der Waals surface area contributed by atoms with E-state index in [2.05, 4.69) is 26.1 Å². The van der Waals surface area contributed by atoms with Crippen LogP contribution in [0.5, 0.6) is 0 Å². The molecule has 0 aliphatic rings. The van der Waals surface area contributed by atoms with E-state index >= 15 is 0 Å². The van der Waals surface area contributed by atoms with Gasteiger partial charge in [-0.3, -0.25) is 0 Å². The zero-order valence-electron chi connectivity index (χ0n) is 7.61. The highest BCUT2D eigenvalue weighted by molar-refractivity contribution is 9.10. The van der Waals surface area contributed by atoms with Gasteiger partial charge >= 0.3 is 0 Å². The van der Waals surface area contributed by atoms with Crippen LogP contribution in [0, 0.1) is 11.3 Å². The van der Waals surface area contributed by atoms with Crippen molar-refractivity contribution in [3.8, 4) is 16.8 Å². The maximum atomic E-state index is 8.41. The van der Waals surface area contributed by atoms with Crippen molar-refractivity contribution in [2.75, 3.05) is 0 Å². The Kier molecular flexibility index (Phi) is 3.14. The Balaban J connectivity index is 2.17. The molecule has 4 nitrogen and oxygen atoms in total. The molecule has 15 heavy (non-hydrogen) atoms. The van der Waals surface area contributed by atoms with Crippen LogP contribution in [0.25, 0.3) is 10.7 Å². The van der Waals surface area contributed by atoms with Gasteiger partial charge in [-0.05, 0) is 22.0 Å². The molecule has 0 radical (unpaired) electrons. The standard InChI is InChI=1S/C9H6BrN3OS/c10-6-4-7(15-5-6)9-12-8(14-13-9)2-1-3-11/h4-5H,1-2H2. The highest BCUT2D eigenvalue weighted by atomic mass is 79.9. The predicted octanol–water partition coefficient (Wildman–Crippen LogP) is 3.02. The summed E-state index contributed by atoms with van der Waals surface area (Å²) < 4.78 is 6.01. The molecule has 0 aliphatic carbocycles. The van der Waals surface area contributed by atoms with Gasteiger partial charge in [0, 0.05) is 22.7 Å². The van der Waals surface area contributed by atoms with Crippen LogP contribution in [-0.4, -0.2) is 10.1 Å². The first-order valence-electron chi connectivity index (χ1n) is 4.23. The van der Waals surface area contributed by atoms with Gasteiger partial charge in [-0.1, -0.05) is 5.16 Å². The monoisotopic (exact) mass is 283 g/mol. The Morgan fingerprint density at radius 3 is 3.13 bits per heavy atom. The van der Waals surface area contributed by atoms with Gasteiger partial charge in [-0.15, -0.1) is 11.3 Å². The molecule has 0 saturated carbocycles. The molecule has 0 atom stereocenters. The van der Waals surface area contributed by atoms with Crippen LogP contribution in [0.15, 0.2) is 20.4 Å². The van der Waals surface area contributed by atoms with Crippen molar-refractivity contribution in [3.05, 3.63) is 21.8 Å². The second kappa shape index (κ2) is 4.55. The van der Waals surface area contributed by atoms with Crippen LogP contribution in [0.2, 0.25) is 0 Å². The van der Waals surface area contributed by atoms with E-state index in [0.717, 1.165) is 9.35 Å². The first kappa shape index (κ1) is 10.3. The summed E-state index contributed by atoms with van der Waals surface area (Å²) >= 11 is 4.90. The molecule has 0 unspecified atom stereocenters. The van der Waals surface area contributed by atoms with Crippen molar-refractivity contribution >= 4 is 27.3 Å². The second-order valence-corrected chi connectivity index (χ2v) is 4.63. The van der Waals surface area contributed by atoms with Crippen molar-refractivity contribution in [2.24, 2.45) is 0 Å². The first-order chi connectivity index (χ1) is 7.29. The quantitative estimate of drug-likeness (QED) is 0.869. The minimum Gasteiger partial charge on any atom is -0.339 e. The van der Waals surface area contributed by atoms with Crippen molar-refractivity contribution < 1.29 is 4.52 Å². The number of thiophene rings is 1. The zero-order chi connectivity index (χ0) is 10.7. The summed E-state index contributed by atoms with van der Waals surface area (Å²) in [7, 11) is 0. The van der Waals surface area contributed by atoms with Crippen molar-refractivity contribution in [2.45, 2.75) is 12.8 Å². The molecule has 76 valence electrons. The van der Waals surface area contributed by atoms with E-state index in [0.29, 0.717) is 24.6 Å². The third-order valence-electron chi connectivity index (χ3n) is 1.71. The number of rotatable bonds is 3. The van der Waals surface area contributed by atoms with E-state index in [4.69, 9.17) is 9.78 Å². The van der Waals surface area contributed by atoms with Gasteiger partial charge in [0.25, 0.3) is 0 Å². The lowest BCUT2D eigenvalue weighted by Crippen LogP contribution is -1.82. The number of aromatic nitrogens is 2. The number of aryl methyl sites for hydroxylation is 1. The van der Waals surface area contributed by atoms with Crippen LogP contribution >= 0.6 is 27.3 Å². The highest BCUT2D eigenvalue weighted by Gasteiger charge is 2.09. The predicted molar refractivity (Wildman–Crippen MR) is 59.2 cm³/mol. The molecule has 0 aliphatic heterocycles. The number of nitrogens with zero attached hydrogens (tertiary/aromatic N) is 3. The van der Waals surface area contributed by atoms with Gasteiger partial charge in [0.1, 0.15) is 0 Å². The lowest BCUT2D eigenvalue weighted by atomic mass is 10.3. The number of nitriles is 1. The molecule has 0 bridgehead atoms. The summed E-state index contributed by atoms with van der Waals surface area (Å²) in [6.07, 6.45) is 0.909. The summed E-state index contributed by atoms with van der Waals surface area (Å²) in [6.45, 7) is 0. The normalized spacial score (nSPS) is 10.1. The Labute approximate surface area is 98.7 Å². The van der Waals surface area contributed by atoms with Gasteiger partial charge in [-0.25, -0.2) is 0 Å². The Morgan fingerprint density at radius 1 is 1.60 bits per heavy atom. The molecule has 6 heteroatoms. The Morgan fingerprint density at radius 2 is 2.47 bits per heavy atom. The zero-order valence-corrected chi connectivity index (χ0v) is 10.0. The molecule has 2 rings (SSSR count). The fraction of sp³-hybridized carbons (Fsp3) is 0.222. The third kappa shape index (κ3) is 2.43. The highest BCUT2D eigenvalue weighted by Crippen LogP contribution is 2.27. The minimum atomic E-state index is 0.399. The first-order valence-corrected chi connectivity index (χ1v) is 5.91. The average molecular weight is 284 g/mol. The maximum absolute atomic E-state index is 8.41. The number of halogens is 1. The van der Waals surface area contributed by atoms with E-state index in [9.17, 15) is 0 Å². The van der Waals surface area contributed by atoms with E-state index in [-0.39, 0.29) is 0 Å². The van der Waals surface area contributed by atoms with Crippen LogP contribution in [-0.2, 0) is 6.42 Å². The molecular weight excluding hydrogens is 278 g/mol. The molecule has 2 aromatic rings. The van der Waals surface area contributed by atoms with E-state index in [1.807, 2.05) is 17.5 Å². The fourth-order valence-corrected chi connectivity index (χ4v) is 2.40. The third-order valence-corrected chi connectivity index (χ3v) is 3.39. The smallest absolute Gasteiger partial charge is 0.228 e. The summed E-state index contributed by atoms with van der Waals surface area (Å²) in [5.74, 6) is 1.09. The van der Waals surface area contributed by atoms with Crippen molar-refractivity contribution in [1.29, 1.82) is 5.26 Å². The summed E-state index contributed by atoms with van der Waals surface area (Å²) in [5.41, 5.74) is 0. The lowest BCUT2D eigenvalue weighted by Gasteiger charge is -1.83. The molecule has 0 saturated heterocycles. The van der Waals surface area contributed by atoms with E-state index < -0.39 is 0 Å². The lowest BCUT2D eigenvalue weighted by molar-refractivity contribution is 0.380. The van der Waals surface area contributed by atoms with Crippen molar-refractivity contribution in [1.82, 2.24) is 10.1 Å². The molecule has 0 spiro atoms. The van der Waals surface area contributed by atoms with Gasteiger partial charge in [0.2, 0.25) is 11.7 Å². The molecule has 0 amide bonds. The summed E-state index contributed by atoms with van der Waals surface area (Å²) in [5, 5.41) is 14.2. The topological polar surface area (TPSA) is 62.7 Å². The summed E-state index contributed by atoms with van der Waals surface area (Å²) in [6, 6.07) is 3.97. The van der Waals surface area contributed by atoms with Gasteiger partial charge < -0.3 is 4.52 Å².